The van der Waals surface area contributed by atoms with Crippen LogP contribution in [-0.2, 0) is 0 Å². The van der Waals surface area contributed by atoms with E-state index in [1.54, 1.807) is 0 Å². The standard InChI is InChI=1S/C19H15N3O2/c20-22-19(23)18-17(14-9-3-4-11-16(14)24-18)21-15-10-5-7-12-6-1-2-8-13(12)15/h1-11,21H,20H2,(H,22,23). The van der Waals surface area contributed by atoms with E-state index in [1.165, 1.54) is 0 Å². The summed E-state index contributed by atoms with van der Waals surface area (Å²) in [6.45, 7) is 0. The summed E-state index contributed by atoms with van der Waals surface area (Å²) in [6.07, 6.45) is 0. The van der Waals surface area contributed by atoms with Crippen molar-refractivity contribution in [2.45, 2.75) is 0 Å². The molecule has 118 valence electrons. The van der Waals surface area contributed by atoms with E-state index in [9.17, 15) is 4.79 Å². The number of furan rings is 1. The van der Waals surface area contributed by atoms with Crippen LogP contribution in [0.15, 0.2) is 71.1 Å². The molecule has 5 nitrogen and oxygen atoms in total. The molecule has 0 aliphatic heterocycles. The van der Waals surface area contributed by atoms with Gasteiger partial charge >= 0.3 is 5.91 Å². The van der Waals surface area contributed by atoms with E-state index in [2.05, 4.69) is 10.7 Å². The number of carbonyl (C=O) groups excluding carboxylic acids is 1. The summed E-state index contributed by atoms with van der Waals surface area (Å²) in [5, 5.41) is 6.34. The molecule has 3 aromatic carbocycles. The maximum atomic E-state index is 12.1. The molecule has 24 heavy (non-hydrogen) atoms. The van der Waals surface area contributed by atoms with Crippen LogP contribution in [0.1, 0.15) is 10.6 Å². The third-order valence-corrected chi connectivity index (χ3v) is 3.98. The number of carbonyl (C=O) groups is 1. The second-order valence-electron chi connectivity index (χ2n) is 5.43. The fourth-order valence-electron chi connectivity index (χ4n) is 2.86. The van der Waals surface area contributed by atoms with Gasteiger partial charge in [0.1, 0.15) is 5.58 Å². The van der Waals surface area contributed by atoms with E-state index in [4.69, 9.17) is 10.3 Å². The second kappa shape index (κ2) is 5.72. The van der Waals surface area contributed by atoms with Crippen LogP contribution in [0.25, 0.3) is 21.7 Å². The highest BCUT2D eigenvalue weighted by Crippen LogP contribution is 2.35. The Morgan fingerprint density at radius 3 is 2.42 bits per heavy atom. The van der Waals surface area contributed by atoms with Crippen molar-refractivity contribution in [1.29, 1.82) is 0 Å². The number of rotatable bonds is 3. The average Bonchev–Trinajstić information content (AvgIpc) is 3.00. The predicted octanol–water partition coefficient (Wildman–Crippen LogP) is 3.93. The first-order valence-corrected chi connectivity index (χ1v) is 7.55. The molecule has 0 spiro atoms. The Hall–Kier alpha value is -3.31. The van der Waals surface area contributed by atoms with Crippen LogP contribution in [0.4, 0.5) is 11.4 Å². The van der Waals surface area contributed by atoms with Gasteiger partial charge in [-0.3, -0.25) is 10.2 Å². The molecule has 1 amide bonds. The highest BCUT2D eigenvalue weighted by molar-refractivity contribution is 6.08. The fraction of sp³-hybridized carbons (Fsp3) is 0. The average molecular weight is 317 g/mol. The highest BCUT2D eigenvalue weighted by Gasteiger charge is 2.20. The molecule has 0 saturated heterocycles. The van der Waals surface area contributed by atoms with Crippen LogP contribution < -0.4 is 16.6 Å². The van der Waals surface area contributed by atoms with Crippen LogP contribution in [0.5, 0.6) is 0 Å². The van der Waals surface area contributed by atoms with Crippen molar-refractivity contribution in [3.8, 4) is 0 Å². The Morgan fingerprint density at radius 2 is 1.58 bits per heavy atom. The van der Waals surface area contributed by atoms with Crippen molar-refractivity contribution in [3.05, 3.63) is 72.5 Å². The predicted molar refractivity (Wildman–Crippen MR) is 95.1 cm³/mol. The number of nitrogens with two attached hydrogens (primary N) is 1. The lowest BCUT2D eigenvalue weighted by Gasteiger charge is -2.10. The van der Waals surface area contributed by atoms with Crippen molar-refractivity contribution in [2.24, 2.45) is 5.84 Å². The normalized spacial score (nSPS) is 10.9. The summed E-state index contributed by atoms with van der Waals surface area (Å²) in [4.78, 5) is 12.1. The maximum Gasteiger partial charge on any atom is 0.303 e. The van der Waals surface area contributed by atoms with Gasteiger partial charge in [0.05, 0.1) is 5.69 Å². The number of para-hydroxylation sites is 1. The minimum atomic E-state index is -0.478. The number of benzene rings is 3. The van der Waals surface area contributed by atoms with Gasteiger partial charge in [0.25, 0.3) is 0 Å². The van der Waals surface area contributed by atoms with E-state index in [0.717, 1.165) is 21.8 Å². The molecule has 0 saturated carbocycles. The van der Waals surface area contributed by atoms with Crippen molar-refractivity contribution in [1.82, 2.24) is 5.43 Å². The smallest absolute Gasteiger partial charge is 0.303 e. The SMILES string of the molecule is NNC(=O)c1oc2ccccc2c1Nc1cccc2ccccc12. The third kappa shape index (κ3) is 2.28. The molecule has 4 rings (SSSR count). The number of hydrogen-bond acceptors (Lipinski definition) is 4. The molecule has 0 aliphatic carbocycles. The number of hydrazine groups is 1. The third-order valence-electron chi connectivity index (χ3n) is 3.98. The zero-order chi connectivity index (χ0) is 16.5. The van der Waals surface area contributed by atoms with Crippen LogP contribution in [-0.4, -0.2) is 5.91 Å². The summed E-state index contributed by atoms with van der Waals surface area (Å²) in [6, 6.07) is 21.5. The molecule has 1 heterocycles. The Morgan fingerprint density at radius 1 is 0.875 bits per heavy atom. The first kappa shape index (κ1) is 14.3. The first-order valence-electron chi connectivity index (χ1n) is 7.55. The van der Waals surface area contributed by atoms with E-state index in [-0.39, 0.29) is 5.76 Å². The van der Waals surface area contributed by atoms with Crippen molar-refractivity contribution in [3.63, 3.8) is 0 Å². The van der Waals surface area contributed by atoms with Crippen molar-refractivity contribution >= 4 is 39.0 Å². The Labute approximate surface area is 138 Å². The van der Waals surface area contributed by atoms with Gasteiger partial charge < -0.3 is 9.73 Å². The summed E-state index contributed by atoms with van der Waals surface area (Å²) in [5.41, 5.74) is 4.25. The van der Waals surface area contributed by atoms with E-state index in [0.29, 0.717) is 11.3 Å². The lowest BCUT2D eigenvalue weighted by Crippen LogP contribution is -2.30. The van der Waals surface area contributed by atoms with Crippen LogP contribution in [0, 0.1) is 0 Å². The lowest BCUT2D eigenvalue weighted by atomic mass is 10.1. The van der Waals surface area contributed by atoms with Crippen molar-refractivity contribution in [2.75, 3.05) is 5.32 Å². The topological polar surface area (TPSA) is 80.3 Å². The Kier molecular flexibility index (Phi) is 3.40. The zero-order valence-corrected chi connectivity index (χ0v) is 12.7. The lowest BCUT2D eigenvalue weighted by molar-refractivity contribution is 0.0929. The molecule has 1 aromatic heterocycles. The minimum absolute atomic E-state index is 0.159. The molecular weight excluding hydrogens is 302 g/mol. The number of nitrogen functional groups attached to an aromatic ring is 1. The van der Waals surface area contributed by atoms with E-state index < -0.39 is 5.91 Å². The number of fused-ring (bicyclic) bond motifs is 2. The van der Waals surface area contributed by atoms with Gasteiger partial charge in [-0.05, 0) is 23.6 Å². The highest BCUT2D eigenvalue weighted by atomic mass is 16.3. The number of hydrogen-bond donors (Lipinski definition) is 3. The van der Waals surface area contributed by atoms with Gasteiger partial charge in [0, 0.05) is 16.5 Å². The van der Waals surface area contributed by atoms with Gasteiger partial charge in [-0.15, -0.1) is 0 Å². The molecular formula is C19H15N3O2. The van der Waals surface area contributed by atoms with Crippen LogP contribution in [0.2, 0.25) is 0 Å². The summed E-state index contributed by atoms with van der Waals surface area (Å²) >= 11 is 0. The van der Waals surface area contributed by atoms with Gasteiger partial charge in [0.15, 0.2) is 0 Å². The minimum Gasteiger partial charge on any atom is -0.449 e. The first-order chi connectivity index (χ1) is 11.8. The molecule has 0 fully saturated rings. The van der Waals surface area contributed by atoms with Crippen LogP contribution in [0.3, 0.4) is 0 Å². The number of anilines is 2. The number of amides is 1. The summed E-state index contributed by atoms with van der Waals surface area (Å²) < 4.78 is 5.68. The van der Waals surface area contributed by atoms with Crippen molar-refractivity contribution < 1.29 is 9.21 Å². The Bertz CT molecular complexity index is 1050. The monoisotopic (exact) mass is 317 g/mol. The van der Waals surface area contributed by atoms with Gasteiger partial charge in [-0.1, -0.05) is 48.5 Å². The summed E-state index contributed by atoms with van der Waals surface area (Å²) in [5.74, 6) is 4.97. The van der Waals surface area contributed by atoms with E-state index in [1.807, 2.05) is 66.7 Å². The zero-order valence-electron chi connectivity index (χ0n) is 12.7. The second-order valence-corrected chi connectivity index (χ2v) is 5.43. The maximum absolute atomic E-state index is 12.1. The van der Waals surface area contributed by atoms with E-state index >= 15 is 0 Å². The Balaban J connectivity index is 1.91. The van der Waals surface area contributed by atoms with Crippen LogP contribution >= 0.6 is 0 Å². The quantitative estimate of drug-likeness (QED) is 0.304. The fourth-order valence-corrected chi connectivity index (χ4v) is 2.86. The molecule has 5 heteroatoms. The van der Waals surface area contributed by atoms with Gasteiger partial charge in [0.2, 0.25) is 5.76 Å². The molecule has 0 bridgehead atoms. The molecule has 4 aromatic rings. The molecule has 0 aliphatic rings. The summed E-state index contributed by atoms with van der Waals surface area (Å²) in [7, 11) is 0. The molecule has 0 radical (unpaired) electrons. The van der Waals surface area contributed by atoms with Gasteiger partial charge in [-0.2, -0.15) is 0 Å². The molecule has 4 N–H and O–H groups in total. The molecule has 0 atom stereocenters. The van der Waals surface area contributed by atoms with Gasteiger partial charge in [-0.25, -0.2) is 5.84 Å². The molecule has 0 unspecified atom stereocenters. The largest absolute Gasteiger partial charge is 0.449 e. The number of nitrogens with one attached hydrogen (secondary N) is 2.